The lowest BCUT2D eigenvalue weighted by atomic mass is 10.3. The minimum absolute atomic E-state index is 0.571. The van der Waals surface area contributed by atoms with Gasteiger partial charge in [0.1, 0.15) is 6.29 Å². The van der Waals surface area contributed by atoms with Crippen LogP contribution in [0.15, 0.2) is 18.2 Å². The summed E-state index contributed by atoms with van der Waals surface area (Å²) in [6.45, 7) is 0. The van der Waals surface area contributed by atoms with Crippen molar-refractivity contribution < 1.29 is 14.3 Å². The summed E-state index contributed by atoms with van der Waals surface area (Å²) in [5.41, 5.74) is 0.577. The molecule has 1 aromatic rings. The molecule has 0 saturated carbocycles. The highest BCUT2D eigenvalue weighted by molar-refractivity contribution is 5.76. The first kappa shape index (κ1) is 8.59. The third-order valence-corrected chi connectivity index (χ3v) is 1.54. The highest BCUT2D eigenvalue weighted by Crippen LogP contribution is 2.26. The molecular weight excluding hydrogens is 157 g/mol. The van der Waals surface area contributed by atoms with Crippen molar-refractivity contribution in [1.82, 2.24) is 0 Å². The van der Waals surface area contributed by atoms with Gasteiger partial charge in [-0.2, -0.15) is 0 Å². The van der Waals surface area contributed by atoms with E-state index in [2.05, 4.69) is 0 Å². The average molecular weight is 167 g/mol. The minimum atomic E-state index is 0.571. The lowest BCUT2D eigenvalue weighted by Crippen LogP contribution is -1.91. The van der Waals surface area contributed by atoms with Gasteiger partial charge < -0.3 is 9.47 Å². The molecule has 0 aliphatic rings. The van der Waals surface area contributed by atoms with E-state index in [0.29, 0.717) is 17.1 Å². The lowest BCUT2D eigenvalue weighted by molar-refractivity contribution is 0.112. The molecular formula is C9H10O3. The first-order valence-corrected chi connectivity index (χ1v) is 3.49. The van der Waals surface area contributed by atoms with Crippen molar-refractivity contribution in [3.05, 3.63) is 23.8 Å². The maximum absolute atomic E-state index is 10.4. The van der Waals surface area contributed by atoms with E-state index in [4.69, 9.17) is 9.47 Å². The summed E-state index contributed by atoms with van der Waals surface area (Å²) in [4.78, 5) is 10.4. The van der Waals surface area contributed by atoms with Gasteiger partial charge in [0.25, 0.3) is 0 Å². The van der Waals surface area contributed by atoms with Gasteiger partial charge in [-0.1, -0.05) is 0 Å². The maximum Gasteiger partial charge on any atom is 0.161 e. The van der Waals surface area contributed by atoms with E-state index in [0.717, 1.165) is 6.29 Å². The van der Waals surface area contributed by atoms with Crippen LogP contribution < -0.4 is 9.47 Å². The van der Waals surface area contributed by atoms with Crippen LogP contribution in [0.2, 0.25) is 0 Å². The van der Waals surface area contributed by atoms with Crippen LogP contribution in [-0.2, 0) is 0 Å². The predicted molar refractivity (Wildman–Crippen MR) is 44.9 cm³/mol. The molecule has 0 spiro atoms. The summed E-state index contributed by atoms with van der Waals surface area (Å²) < 4.78 is 9.99. The third kappa shape index (κ3) is 1.56. The second-order valence-corrected chi connectivity index (χ2v) is 2.23. The van der Waals surface area contributed by atoms with Crippen molar-refractivity contribution in [2.75, 3.05) is 14.2 Å². The highest BCUT2D eigenvalue weighted by atomic mass is 16.5. The molecule has 3 heteroatoms. The van der Waals surface area contributed by atoms with Gasteiger partial charge in [-0.25, -0.2) is 0 Å². The quantitative estimate of drug-likeness (QED) is 0.640. The molecule has 3 nitrogen and oxygen atoms in total. The van der Waals surface area contributed by atoms with E-state index in [-0.39, 0.29) is 0 Å². The average Bonchev–Trinajstić information content (AvgIpc) is 2.16. The summed E-state index contributed by atoms with van der Waals surface area (Å²) >= 11 is 0. The smallest absolute Gasteiger partial charge is 0.161 e. The molecule has 1 rings (SSSR count). The van der Waals surface area contributed by atoms with Crippen LogP contribution in [0.3, 0.4) is 0 Å². The highest BCUT2D eigenvalue weighted by Gasteiger charge is 2.02. The summed E-state index contributed by atoms with van der Waals surface area (Å²) in [6.07, 6.45) is 0.766. The Kier molecular flexibility index (Phi) is 2.69. The zero-order valence-electron chi connectivity index (χ0n) is 7.03. The van der Waals surface area contributed by atoms with Crippen molar-refractivity contribution in [3.63, 3.8) is 0 Å². The summed E-state index contributed by atoms with van der Waals surface area (Å²) in [7, 11) is 3.09. The second kappa shape index (κ2) is 3.76. The molecule has 0 atom stereocenters. The van der Waals surface area contributed by atoms with Gasteiger partial charge in [0.15, 0.2) is 11.5 Å². The van der Waals surface area contributed by atoms with Crippen molar-refractivity contribution >= 4 is 6.29 Å². The molecule has 0 bridgehead atoms. The molecule has 0 saturated heterocycles. The first-order chi connectivity index (χ1) is 5.81. The van der Waals surface area contributed by atoms with Gasteiger partial charge in [0.2, 0.25) is 0 Å². The van der Waals surface area contributed by atoms with E-state index in [9.17, 15) is 4.79 Å². The number of benzene rings is 1. The van der Waals surface area contributed by atoms with Crippen LogP contribution >= 0.6 is 0 Å². The molecule has 1 aromatic carbocycles. The molecule has 0 fully saturated rings. The monoisotopic (exact) mass is 167 g/mol. The fourth-order valence-electron chi connectivity index (χ4n) is 0.926. The first-order valence-electron chi connectivity index (χ1n) is 3.49. The van der Waals surface area contributed by atoms with Crippen molar-refractivity contribution in [2.45, 2.75) is 0 Å². The summed E-state index contributed by atoms with van der Waals surface area (Å²) in [6, 6.07) is 5.00. The van der Waals surface area contributed by atoms with Crippen LogP contribution in [0, 0.1) is 0 Å². The van der Waals surface area contributed by atoms with Gasteiger partial charge in [-0.15, -0.1) is 0 Å². The topological polar surface area (TPSA) is 35.5 Å². The zero-order chi connectivity index (χ0) is 8.97. The number of methoxy groups -OCH3 is 2. The predicted octanol–water partition coefficient (Wildman–Crippen LogP) is 1.52. The van der Waals surface area contributed by atoms with E-state index < -0.39 is 0 Å². The number of ether oxygens (including phenoxy) is 2. The normalized spacial score (nSPS) is 9.17. The van der Waals surface area contributed by atoms with E-state index in [1.165, 1.54) is 7.11 Å². The molecule has 0 radical (unpaired) electrons. The molecule has 0 heterocycles. The van der Waals surface area contributed by atoms with Gasteiger partial charge in [-0.3, -0.25) is 4.79 Å². The summed E-state index contributed by atoms with van der Waals surface area (Å²) in [5, 5.41) is 0. The largest absolute Gasteiger partial charge is 0.493 e. The van der Waals surface area contributed by atoms with Crippen LogP contribution in [0.5, 0.6) is 11.5 Å². The van der Waals surface area contributed by atoms with Crippen molar-refractivity contribution in [1.29, 1.82) is 0 Å². The van der Waals surface area contributed by atoms with Crippen LogP contribution in [0.4, 0.5) is 0 Å². The number of hydrogen-bond donors (Lipinski definition) is 0. The van der Waals surface area contributed by atoms with E-state index in [1.54, 1.807) is 25.3 Å². The Labute approximate surface area is 70.9 Å². The number of aldehydes is 1. The fourth-order valence-corrected chi connectivity index (χ4v) is 0.926. The fraction of sp³-hybridized carbons (Fsp3) is 0.222. The number of carbonyl (C=O) groups excluding carboxylic acids is 1. The number of hydrogen-bond acceptors (Lipinski definition) is 3. The minimum Gasteiger partial charge on any atom is -0.493 e. The van der Waals surface area contributed by atoms with Crippen molar-refractivity contribution in [3.8, 4) is 11.5 Å². The SMILES string of the molecule is COc1cc[13c](C=O)cc1OC. The van der Waals surface area contributed by atoms with Gasteiger partial charge in [0.05, 0.1) is 14.2 Å². The van der Waals surface area contributed by atoms with Gasteiger partial charge in [-0.05, 0) is 18.2 Å². The molecule has 0 amide bonds. The molecule has 0 unspecified atom stereocenters. The van der Waals surface area contributed by atoms with E-state index >= 15 is 0 Å². The number of carbonyl (C=O) groups is 1. The van der Waals surface area contributed by atoms with Crippen LogP contribution in [0.25, 0.3) is 0 Å². The Balaban J connectivity index is 3.10. The Hall–Kier alpha value is -1.51. The molecule has 0 N–H and O–H groups in total. The van der Waals surface area contributed by atoms with Crippen LogP contribution in [0.1, 0.15) is 10.4 Å². The Morgan fingerprint density at radius 2 is 1.83 bits per heavy atom. The van der Waals surface area contributed by atoms with Crippen LogP contribution in [-0.4, -0.2) is 20.5 Å². The Morgan fingerprint density at radius 1 is 1.17 bits per heavy atom. The molecule has 0 aliphatic carbocycles. The maximum atomic E-state index is 10.4. The van der Waals surface area contributed by atoms with Gasteiger partial charge in [0, 0.05) is 5.56 Å². The molecule has 12 heavy (non-hydrogen) atoms. The molecule has 64 valence electrons. The Morgan fingerprint density at radius 3 is 2.33 bits per heavy atom. The number of rotatable bonds is 3. The van der Waals surface area contributed by atoms with E-state index in [1.807, 2.05) is 0 Å². The second-order valence-electron chi connectivity index (χ2n) is 2.23. The van der Waals surface area contributed by atoms with Gasteiger partial charge >= 0.3 is 0 Å². The Bertz CT molecular complexity index is 281. The molecule has 0 aromatic heterocycles. The third-order valence-electron chi connectivity index (χ3n) is 1.54. The standard InChI is InChI=1S/C9H10O3/c1-11-8-4-3-7(6-10)5-9(8)12-2/h3-6H,1-2H3/i7+1. The van der Waals surface area contributed by atoms with Crippen molar-refractivity contribution in [2.24, 2.45) is 0 Å². The summed E-state index contributed by atoms with van der Waals surface area (Å²) in [5.74, 6) is 1.20. The zero-order valence-corrected chi connectivity index (χ0v) is 7.03. The molecule has 0 aliphatic heterocycles. The lowest BCUT2D eigenvalue weighted by Gasteiger charge is -2.06.